The summed E-state index contributed by atoms with van der Waals surface area (Å²) in [5.41, 5.74) is 1.13. The molecule has 0 spiro atoms. The van der Waals surface area contributed by atoms with E-state index in [9.17, 15) is 13.6 Å². The smallest absolute Gasteiger partial charge is 0.323 e. The Kier molecular flexibility index (Phi) is 6.36. The third-order valence-corrected chi connectivity index (χ3v) is 2.91. The second kappa shape index (κ2) is 8.71. The Labute approximate surface area is 138 Å². The van der Waals surface area contributed by atoms with Gasteiger partial charge in [0.2, 0.25) is 0 Å². The van der Waals surface area contributed by atoms with E-state index in [0.717, 1.165) is 5.75 Å². The van der Waals surface area contributed by atoms with Gasteiger partial charge >= 0.3 is 6.03 Å². The number of anilines is 2. The number of benzene rings is 2. The number of amides is 2. The normalized spacial score (nSPS) is 10.3. The first kappa shape index (κ1) is 17.5. The Morgan fingerprint density at radius 2 is 1.38 bits per heavy atom. The first-order valence-corrected chi connectivity index (χ1v) is 7.38. The van der Waals surface area contributed by atoms with Gasteiger partial charge in [-0.3, -0.25) is 0 Å². The molecular weight excluding hydrogens is 318 g/mol. The summed E-state index contributed by atoms with van der Waals surface area (Å²) >= 11 is 0. The summed E-state index contributed by atoms with van der Waals surface area (Å²) in [6.45, 7) is 1.80. The number of alkyl halides is 2. The lowest BCUT2D eigenvalue weighted by atomic mass is 10.3. The van der Waals surface area contributed by atoms with Gasteiger partial charge in [-0.2, -0.15) is 0 Å². The Balaban J connectivity index is 1.85. The maximum absolute atomic E-state index is 12.0. The standard InChI is InChI=1S/C17H18F2N2O3/c1-2-23-14-7-3-12(4-8-14)20-17(22)21-13-5-9-15(10-6-13)24-11-16(18)19/h3-10,16H,2,11H2,1H3,(H2,20,21,22). The summed E-state index contributed by atoms with van der Waals surface area (Å²) in [7, 11) is 0. The van der Waals surface area contributed by atoms with Gasteiger partial charge in [-0.15, -0.1) is 0 Å². The van der Waals surface area contributed by atoms with Crippen LogP contribution in [0.5, 0.6) is 11.5 Å². The summed E-state index contributed by atoms with van der Waals surface area (Å²) in [5.74, 6) is 1.04. The van der Waals surface area contributed by atoms with Crippen molar-refractivity contribution >= 4 is 17.4 Å². The lowest BCUT2D eigenvalue weighted by Gasteiger charge is -2.10. The molecule has 0 fully saturated rings. The Bertz CT molecular complexity index is 646. The molecule has 24 heavy (non-hydrogen) atoms. The van der Waals surface area contributed by atoms with Crippen molar-refractivity contribution in [1.29, 1.82) is 0 Å². The largest absolute Gasteiger partial charge is 0.494 e. The van der Waals surface area contributed by atoms with Crippen molar-refractivity contribution in [2.75, 3.05) is 23.8 Å². The van der Waals surface area contributed by atoms with E-state index in [4.69, 9.17) is 9.47 Å². The van der Waals surface area contributed by atoms with Crippen molar-refractivity contribution in [2.45, 2.75) is 13.3 Å². The minimum atomic E-state index is -2.53. The van der Waals surface area contributed by atoms with Crippen molar-refractivity contribution in [1.82, 2.24) is 0 Å². The van der Waals surface area contributed by atoms with Crippen molar-refractivity contribution in [2.24, 2.45) is 0 Å². The van der Waals surface area contributed by atoms with Gasteiger partial charge < -0.3 is 20.1 Å². The van der Waals surface area contributed by atoms with Crippen molar-refractivity contribution in [3.63, 3.8) is 0 Å². The number of carbonyl (C=O) groups excluding carboxylic acids is 1. The summed E-state index contributed by atoms with van der Waals surface area (Å²) < 4.78 is 34.3. The van der Waals surface area contributed by atoms with Crippen LogP contribution in [0.25, 0.3) is 0 Å². The average Bonchev–Trinajstić information content (AvgIpc) is 2.56. The van der Waals surface area contributed by atoms with Crippen LogP contribution in [0.1, 0.15) is 6.92 Å². The van der Waals surface area contributed by atoms with E-state index in [1.54, 1.807) is 36.4 Å². The summed E-state index contributed by atoms with van der Waals surface area (Å²) in [6, 6.07) is 12.7. The molecule has 0 aliphatic rings. The molecule has 0 atom stereocenters. The van der Waals surface area contributed by atoms with Gasteiger partial charge in [0.05, 0.1) is 6.61 Å². The van der Waals surface area contributed by atoms with E-state index in [2.05, 4.69) is 10.6 Å². The topological polar surface area (TPSA) is 59.6 Å². The van der Waals surface area contributed by atoms with Crippen molar-refractivity contribution < 1.29 is 23.0 Å². The average molecular weight is 336 g/mol. The van der Waals surface area contributed by atoms with Crippen LogP contribution in [-0.2, 0) is 0 Å². The van der Waals surface area contributed by atoms with Gasteiger partial charge in [-0.25, -0.2) is 13.6 Å². The van der Waals surface area contributed by atoms with E-state index in [1.807, 2.05) is 6.92 Å². The molecule has 0 heterocycles. The number of rotatable bonds is 7. The molecule has 2 amide bonds. The molecule has 2 N–H and O–H groups in total. The molecule has 2 aromatic rings. The number of halogens is 2. The van der Waals surface area contributed by atoms with E-state index < -0.39 is 19.1 Å². The van der Waals surface area contributed by atoms with E-state index in [-0.39, 0.29) is 0 Å². The molecule has 0 aromatic heterocycles. The van der Waals surface area contributed by atoms with Gasteiger partial charge in [0, 0.05) is 11.4 Å². The lowest BCUT2D eigenvalue weighted by molar-refractivity contribution is 0.0819. The lowest BCUT2D eigenvalue weighted by Crippen LogP contribution is -2.19. The summed E-state index contributed by atoms with van der Waals surface area (Å²) in [5, 5.41) is 5.32. The number of urea groups is 1. The molecule has 5 nitrogen and oxygen atoms in total. The van der Waals surface area contributed by atoms with Crippen LogP contribution in [0.2, 0.25) is 0 Å². The highest BCUT2D eigenvalue weighted by molar-refractivity contribution is 5.99. The predicted molar refractivity (Wildman–Crippen MR) is 88.2 cm³/mol. The minimum absolute atomic E-state index is 0.313. The number of nitrogens with one attached hydrogen (secondary N) is 2. The molecular formula is C17H18F2N2O3. The molecule has 0 bridgehead atoms. The van der Waals surface area contributed by atoms with Crippen LogP contribution in [0.3, 0.4) is 0 Å². The number of hydrogen-bond acceptors (Lipinski definition) is 3. The molecule has 128 valence electrons. The molecule has 7 heteroatoms. The molecule has 0 unspecified atom stereocenters. The van der Waals surface area contributed by atoms with Crippen LogP contribution in [0.4, 0.5) is 25.0 Å². The predicted octanol–water partition coefficient (Wildman–Crippen LogP) is 4.37. The highest BCUT2D eigenvalue weighted by Crippen LogP contribution is 2.18. The summed E-state index contributed by atoms with van der Waals surface area (Å²) in [4.78, 5) is 11.9. The SMILES string of the molecule is CCOc1ccc(NC(=O)Nc2ccc(OCC(F)F)cc2)cc1. The van der Waals surface area contributed by atoms with Crippen LogP contribution < -0.4 is 20.1 Å². The van der Waals surface area contributed by atoms with Crippen LogP contribution in [0, 0.1) is 0 Å². The molecule has 2 aromatic carbocycles. The highest BCUT2D eigenvalue weighted by Gasteiger charge is 2.05. The molecule has 0 aliphatic carbocycles. The van der Waals surface area contributed by atoms with Crippen LogP contribution in [-0.4, -0.2) is 25.7 Å². The summed E-state index contributed by atoms with van der Waals surface area (Å²) in [6.07, 6.45) is -2.53. The van der Waals surface area contributed by atoms with Gasteiger partial charge in [0.15, 0.2) is 0 Å². The molecule has 0 radical (unpaired) electrons. The monoisotopic (exact) mass is 336 g/mol. The fourth-order valence-corrected chi connectivity index (χ4v) is 1.89. The maximum atomic E-state index is 12.0. The molecule has 2 rings (SSSR count). The maximum Gasteiger partial charge on any atom is 0.323 e. The fourth-order valence-electron chi connectivity index (χ4n) is 1.89. The Morgan fingerprint density at radius 3 is 1.79 bits per heavy atom. The van der Waals surface area contributed by atoms with Gasteiger partial charge in [0.1, 0.15) is 18.1 Å². The first-order chi connectivity index (χ1) is 11.6. The van der Waals surface area contributed by atoms with Gasteiger partial charge in [-0.05, 0) is 55.5 Å². The number of ether oxygens (including phenoxy) is 2. The van der Waals surface area contributed by atoms with E-state index in [0.29, 0.717) is 23.7 Å². The number of carbonyl (C=O) groups is 1. The van der Waals surface area contributed by atoms with Crippen LogP contribution >= 0.6 is 0 Å². The first-order valence-electron chi connectivity index (χ1n) is 7.38. The van der Waals surface area contributed by atoms with Gasteiger partial charge in [0.25, 0.3) is 6.43 Å². The third kappa shape index (κ3) is 5.75. The van der Waals surface area contributed by atoms with E-state index in [1.165, 1.54) is 12.1 Å². The minimum Gasteiger partial charge on any atom is -0.494 e. The molecule has 0 aliphatic heterocycles. The fraction of sp³-hybridized carbons (Fsp3) is 0.235. The highest BCUT2D eigenvalue weighted by atomic mass is 19.3. The zero-order valence-electron chi connectivity index (χ0n) is 13.1. The number of hydrogen-bond donors (Lipinski definition) is 2. The Hall–Kier alpha value is -2.83. The molecule has 0 saturated carbocycles. The zero-order chi connectivity index (χ0) is 17.4. The van der Waals surface area contributed by atoms with E-state index >= 15 is 0 Å². The van der Waals surface area contributed by atoms with Gasteiger partial charge in [-0.1, -0.05) is 0 Å². The van der Waals surface area contributed by atoms with Crippen LogP contribution in [0.15, 0.2) is 48.5 Å². The second-order valence-corrected chi connectivity index (χ2v) is 4.76. The third-order valence-electron chi connectivity index (χ3n) is 2.91. The van der Waals surface area contributed by atoms with Crippen molar-refractivity contribution in [3.05, 3.63) is 48.5 Å². The zero-order valence-corrected chi connectivity index (χ0v) is 13.1. The Morgan fingerprint density at radius 1 is 0.917 bits per heavy atom. The second-order valence-electron chi connectivity index (χ2n) is 4.76. The van der Waals surface area contributed by atoms with Crippen molar-refractivity contribution in [3.8, 4) is 11.5 Å². The quantitative estimate of drug-likeness (QED) is 0.789. The molecule has 0 saturated heterocycles.